The molecule has 3 aromatic rings. The molecule has 2 aliphatic rings. The average Bonchev–Trinajstić information content (AvgIpc) is 3.32. The van der Waals surface area contributed by atoms with E-state index >= 15 is 0 Å². The lowest BCUT2D eigenvalue weighted by Gasteiger charge is -2.45. The van der Waals surface area contributed by atoms with Gasteiger partial charge in [-0.15, -0.1) is 0 Å². The number of nitrogens with one attached hydrogen (secondary N) is 2. The number of rotatable bonds is 5. The summed E-state index contributed by atoms with van der Waals surface area (Å²) >= 11 is 3.55. The van der Waals surface area contributed by atoms with Gasteiger partial charge in [0.1, 0.15) is 10.0 Å². The summed E-state index contributed by atoms with van der Waals surface area (Å²) in [5.41, 5.74) is 2.47. The Bertz CT molecular complexity index is 1180. The highest BCUT2D eigenvalue weighted by molar-refractivity contribution is 9.10. The van der Waals surface area contributed by atoms with Crippen molar-refractivity contribution in [2.45, 2.75) is 37.9 Å². The van der Waals surface area contributed by atoms with Crippen molar-refractivity contribution >= 4 is 27.5 Å². The smallest absolute Gasteiger partial charge is 0.278 e. The second-order valence-electron chi connectivity index (χ2n) is 8.69. The van der Waals surface area contributed by atoms with Crippen molar-refractivity contribution in [2.75, 3.05) is 24.7 Å². The SMILES string of the molecule is CCn1[nH]c(=O)c(Br)c1C(c1ccccc1)N1CCC2(CC1)C(=O)NCN2c1ccccc1. The van der Waals surface area contributed by atoms with Crippen LogP contribution in [0.3, 0.4) is 0 Å². The normalized spacial score (nSPS) is 19.1. The molecular formula is C25H28BrN5O2. The van der Waals surface area contributed by atoms with Crippen LogP contribution in [0.1, 0.15) is 37.1 Å². The Kier molecular flexibility index (Phi) is 5.88. The molecule has 8 heteroatoms. The fraction of sp³-hybridized carbons (Fsp3) is 0.360. The molecule has 0 saturated carbocycles. The summed E-state index contributed by atoms with van der Waals surface area (Å²) in [6.07, 6.45) is 1.44. The van der Waals surface area contributed by atoms with Crippen LogP contribution in [0.15, 0.2) is 69.9 Å². The number of H-pyrrole nitrogens is 1. The number of aromatic nitrogens is 2. The summed E-state index contributed by atoms with van der Waals surface area (Å²) in [5.74, 6) is 0.107. The molecule has 1 atom stereocenters. The maximum absolute atomic E-state index is 13.1. The van der Waals surface area contributed by atoms with Crippen LogP contribution in [0.4, 0.5) is 5.69 Å². The molecule has 1 unspecified atom stereocenters. The van der Waals surface area contributed by atoms with Gasteiger partial charge < -0.3 is 10.2 Å². The first-order valence-electron chi connectivity index (χ1n) is 11.4. The fourth-order valence-corrected chi connectivity index (χ4v) is 5.86. The van der Waals surface area contributed by atoms with E-state index in [4.69, 9.17) is 0 Å². The zero-order valence-corrected chi connectivity index (χ0v) is 20.2. The third-order valence-corrected chi connectivity index (χ3v) is 7.80. The summed E-state index contributed by atoms with van der Waals surface area (Å²) in [6.45, 7) is 4.71. The molecule has 3 heterocycles. The Balaban J connectivity index is 1.49. The summed E-state index contributed by atoms with van der Waals surface area (Å²) in [7, 11) is 0. The number of hydrogen-bond donors (Lipinski definition) is 2. The zero-order valence-electron chi connectivity index (χ0n) is 18.6. The first kappa shape index (κ1) is 22.0. The Morgan fingerprint density at radius 1 is 1.00 bits per heavy atom. The Hall–Kier alpha value is -2.84. The molecular weight excluding hydrogens is 482 g/mol. The van der Waals surface area contributed by atoms with Gasteiger partial charge in [-0.25, -0.2) is 0 Å². The van der Waals surface area contributed by atoms with Crippen LogP contribution in [-0.2, 0) is 11.3 Å². The van der Waals surface area contributed by atoms with Crippen molar-refractivity contribution in [3.05, 3.63) is 86.7 Å². The Morgan fingerprint density at radius 2 is 1.64 bits per heavy atom. The molecule has 2 aromatic carbocycles. The molecule has 1 aromatic heterocycles. The first-order valence-corrected chi connectivity index (χ1v) is 12.2. The third kappa shape index (κ3) is 3.71. The molecule has 0 bridgehead atoms. The molecule has 0 radical (unpaired) electrons. The molecule has 2 fully saturated rings. The first-order chi connectivity index (χ1) is 16.0. The molecule has 1 amide bonds. The van der Waals surface area contributed by atoms with E-state index in [1.54, 1.807) is 0 Å². The Morgan fingerprint density at radius 3 is 2.27 bits per heavy atom. The van der Waals surface area contributed by atoms with E-state index in [1.165, 1.54) is 0 Å². The van der Waals surface area contributed by atoms with Crippen molar-refractivity contribution in [3.8, 4) is 0 Å². The van der Waals surface area contributed by atoms with E-state index in [0.717, 1.165) is 42.9 Å². The monoisotopic (exact) mass is 509 g/mol. The minimum absolute atomic E-state index is 0.0912. The number of benzene rings is 2. The van der Waals surface area contributed by atoms with Gasteiger partial charge in [0.25, 0.3) is 5.56 Å². The quantitative estimate of drug-likeness (QED) is 0.552. The molecule has 1 spiro atoms. The molecule has 2 saturated heterocycles. The minimum Gasteiger partial charge on any atom is -0.339 e. The van der Waals surface area contributed by atoms with E-state index in [2.05, 4.69) is 60.4 Å². The number of carbonyl (C=O) groups is 1. The van der Waals surface area contributed by atoms with E-state index in [-0.39, 0.29) is 17.5 Å². The van der Waals surface area contributed by atoms with Gasteiger partial charge in [0.05, 0.1) is 18.4 Å². The number of likely N-dealkylation sites (tertiary alicyclic amines) is 1. The van der Waals surface area contributed by atoms with Crippen LogP contribution in [0.25, 0.3) is 0 Å². The highest BCUT2D eigenvalue weighted by Crippen LogP contribution is 2.40. The number of aryl methyl sites for hydroxylation is 1. The molecule has 5 rings (SSSR count). The molecule has 2 aliphatic heterocycles. The molecule has 2 N–H and O–H groups in total. The van der Waals surface area contributed by atoms with E-state index in [0.29, 0.717) is 17.7 Å². The lowest BCUT2D eigenvalue weighted by molar-refractivity contribution is -0.125. The van der Waals surface area contributed by atoms with Crippen LogP contribution in [0, 0.1) is 0 Å². The van der Waals surface area contributed by atoms with Gasteiger partial charge in [0.2, 0.25) is 5.91 Å². The summed E-state index contributed by atoms with van der Waals surface area (Å²) < 4.78 is 2.50. The summed E-state index contributed by atoms with van der Waals surface area (Å²) in [6, 6.07) is 20.4. The number of halogens is 1. The van der Waals surface area contributed by atoms with Crippen molar-refractivity contribution < 1.29 is 4.79 Å². The third-order valence-electron chi connectivity index (χ3n) is 7.04. The van der Waals surface area contributed by atoms with Gasteiger partial charge in [-0.3, -0.25) is 24.3 Å². The number of aromatic amines is 1. The number of amides is 1. The second-order valence-corrected chi connectivity index (χ2v) is 9.49. The Labute approximate surface area is 201 Å². The lowest BCUT2D eigenvalue weighted by atomic mass is 9.84. The highest BCUT2D eigenvalue weighted by Gasteiger charge is 2.51. The van der Waals surface area contributed by atoms with Gasteiger partial charge in [-0.05, 0) is 53.4 Å². The van der Waals surface area contributed by atoms with Gasteiger partial charge >= 0.3 is 0 Å². The van der Waals surface area contributed by atoms with Crippen LogP contribution in [-0.4, -0.2) is 45.9 Å². The van der Waals surface area contributed by atoms with Crippen LogP contribution >= 0.6 is 15.9 Å². The molecule has 0 aliphatic carbocycles. The maximum Gasteiger partial charge on any atom is 0.278 e. The maximum atomic E-state index is 13.1. The van der Waals surface area contributed by atoms with Crippen LogP contribution in [0.2, 0.25) is 0 Å². The lowest BCUT2D eigenvalue weighted by Crippen LogP contribution is -2.57. The predicted molar refractivity (Wildman–Crippen MR) is 132 cm³/mol. The number of piperidine rings is 1. The van der Waals surface area contributed by atoms with E-state index in [9.17, 15) is 9.59 Å². The number of anilines is 1. The number of para-hydroxylation sites is 1. The largest absolute Gasteiger partial charge is 0.339 e. The van der Waals surface area contributed by atoms with Crippen LogP contribution in [0.5, 0.6) is 0 Å². The van der Waals surface area contributed by atoms with Crippen molar-refractivity contribution in [3.63, 3.8) is 0 Å². The summed E-state index contributed by atoms with van der Waals surface area (Å²) in [5, 5.41) is 6.03. The van der Waals surface area contributed by atoms with E-state index < -0.39 is 5.54 Å². The van der Waals surface area contributed by atoms with E-state index in [1.807, 2.05) is 48.0 Å². The predicted octanol–water partition coefficient (Wildman–Crippen LogP) is 3.48. The number of hydrogen-bond acceptors (Lipinski definition) is 4. The number of nitrogens with zero attached hydrogens (tertiary/aromatic N) is 3. The fourth-order valence-electron chi connectivity index (χ4n) is 5.35. The van der Waals surface area contributed by atoms with Gasteiger partial charge in [0.15, 0.2) is 0 Å². The molecule has 33 heavy (non-hydrogen) atoms. The standard InChI is InChI=1S/C25H28BrN5O2/c1-2-31-22(20(26)23(32)28-31)21(18-9-5-3-6-10-18)29-15-13-25(14-16-29)24(33)27-17-30(25)19-11-7-4-8-12-19/h3-12,21H,2,13-17H2,1H3,(H,27,33)(H,28,32). The second kappa shape index (κ2) is 8.83. The van der Waals surface area contributed by atoms with Gasteiger partial charge in [-0.1, -0.05) is 48.5 Å². The number of carbonyl (C=O) groups excluding carboxylic acids is 1. The van der Waals surface area contributed by atoms with Crippen molar-refractivity contribution in [1.82, 2.24) is 20.0 Å². The highest BCUT2D eigenvalue weighted by atomic mass is 79.9. The molecule has 7 nitrogen and oxygen atoms in total. The topological polar surface area (TPSA) is 73.4 Å². The summed E-state index contributed by atoms with van der Waals surface area (Å²) in [4.78, 5) is 30.2. The van der Waals surface area contributed by atoms with Crippen molar-refractivity contribution in [1.29, 1.82) is 0 Å². The zero-order chi connectivity index (χ0) is 23.0. The minimum atomic E-state index is -0.543. The van der Waals surface area contributed by atoms with Gasteiger partial charge in [-0.2, -0.15) is 0 Å². The molecule has 172 valence electrons. The van der Waals surface area contributed by atoms with Gasteiger partial charge in [0, 0.05) is 25.3 Å². The average molecular weight is 510 g/mol. The van der Waals surface area contributed by atoms with Crippen molar-refractivity contribution in [2.24, 2.45) is 0 Å². The van der Waals surface area contributed by atoms with Crippen LogP contribution < -0.4 is 15.8 Å².